The SMILES string of the molecule is [C-]#[N+]c1cc(C#N)cc(-c2ccc3c(c2)c2ccccc2n3-c2cccc3c2C(=O)N(c2ccccc2-c2ccccc2)C3=O)c1. The normalized spacial score (nSPS) is 12.3. The summed E-state index contributed by atoms with van der Waals surface area (Å²) in [6.45, 7) is 7.49. The maximum atomic E-state index is 14.4. The Morgan fingerprint density at radius 2 is 1.30 bits per heavy atom. The van der Waals surface area contributed by atoms with Crippen LogP contribution < -0.4 is 4.90 Å². The van der Waals surface area contributed by atoms with Crippen molar-refractivity contribution >= 4 is 45.0 Å². The number of anilines is 1. The molecule has 0 radical (unpaired) electrons. The van der Waals surface area contributed by atoms with Crippen molar-refractivity contribution in [2.45, 2.75) is 0 Å². The molecular weight excluding hydrogens is 568 g/mol. The first-order valence-corrected chi connectivity index (χ1v) is 14.7. The molecule has 8 rings (SSSR count). The molecule has 0 N–H and O–H groups in total. The number of amides is 2. The number of nitriles is 1. The number of para-hydroxylation sites is 2. The summed E-state index contributed by atoms with van der Waals surface area (Å²) in [6, 6.07) is 43.9. The summed E-state index contributed by atoms with van der Waals surface area (Å²) in [5, 5.41) is 11.5. The molecule has 1 aromatic heterocycles. The van der Waals surface area contributed by atoms with Crippen LogP contribution in [-0.4, -0.2) is 16.4 Å². The van der Waals surface area contributed by atoms with E-state index >= 15 is 0 Å². The van der Waals surface area contributed by atoms with Gasteiger partial charge < -0.3 is 4.57 Å². The van der Waals surface area contributed by atoms with Crippen molar-refractivity contribution in [1.82, 2.24) is 4.57 Å². The Kier molecular flexibility index (Phi) is 6.10. The Morgan fingerprint density at radius 1 is 0.587 bits per heavy atom. The van der Waals surface area contributed by atoms with Gasteiger partial charge in [-0.1, -0.05) is 78.9 Å². The third kappa shape index (κ3) is 4.02. The molecule has 0 spiro atoms. The molecule has 2 heterocycles. The topological polar surface area (TPSA) is 70.5 Å². The summed E-state index contributed by atoms with van der Waals surface area (Å²) >= 11 is 0. The molecule has 0 unspecified atom stereocenters. The third-order valence-electron chi connectivity index (χ3n) is 8.55. The van der Waals surface area contributed by atoms with Crippen molar-refractivity contribution in [3.63, 3.8) is 0 Å². The zero-order chi connectivity index (χ0) is 31.4. The Balaban J connectivity index is 1.32. The lowest BCUT2D eigenvalue weighted by atomic mass is 10.00. The molecule has 6 heteroatoms. The highest BCUT2D eigenvalue weighted by molar-refractivity contribution is 6.36. The number of aromatic nitrogens is 1. The van der Waals surface area contributed by atoms with Gasteiger partial charge in [0.1, 0.15) is 0 Å². The minimum absolute atomic E-state index is 0.352. The predicted molar refractivity (Wildman–Crippen MR) is 180 cm³/mol. The molecule has 0 bridgehead atoms. The van der Waals surface area contributed by atoms with E-state index in [0.29, 0.717) is 33.8 Å². The molecule has 0 saturated heterocycles. The second-order valence-corrected chi connectivity index (χ2v) is 11.1. The molecule has 0 aliphatic carbocycles. The molecule has 0 saturated carbocycles. The van der Waals surface area contributed by atoms with Gasteiger partial charge in [-0.05, 0) is 71.3 Å². The van der Waals surface area contributed by atoms with Gasteiger partial charge >= 0.3 is 0 Å². The second kappa shape index (κ2) is 10.4. The van der Waals surface area contributed by atoms with Crippen molar-refractivity contribution < 1.29 is 9.59 Å². The Bertz CT molecular complexity index is 2460. The quantitative estimate of drug-likeness (QED) is 0.151. The van der Waals surface area contributed by atoms with Crippen LogP contribution in [0.2, 0.25) is 0 Å². The van der Waals surface area contributed by atoms with E-state index in [4.69, 9.17) is 6.57 Å². The third-order valence-corrected chi connectivity index (χ3v) is 8.55. The zero-order valence-corrected chi connectivity index (χ0v) is 24.3. The van der Waals surface area contributed by atoms with Gasteiger partial charge in [0.25, 0.3) is 11.8 Å². The summed E-state index contributed by atoms with van der Waals surface area (Å²) in [6.07, 6.45) is 0. The fourth-order valence-corrected chi connectivity index (χ4v) is 6.52. The first-order valence-electron chi connectivity index (χ1n) is 14.7. The molecule has 0 fully saturated rings. The van der Waals surface area contributed by atoms with Crippen LogP contribution >= 0.6 is 0 Å². The highest BCUT2D eigenvalue weighted by Crippen LogP contribution is 2.41. The van der Waals surface area contributed by atoms with E-state index < -0.39 is 0 Å². The highest BCUT2D eigenvalue weighted by atomic mass is 16.2. The van der Waals surface area contributed by atoms with Gasteiger partial charge in [0, 0.05) is 21.9 Å². The van der Waals surface area contributed by atoms with Crippen molar-refractivity contribution in [3.8, 4) is 34.0 Å². The lowest BCUT2D eigenvalue weighted by Crippen LogP contribution is -2.30. The molecule has 2 amide bonds. The van der Waals surface area contributed by atoms with Crippen LogP contribution in [0.25, 0.3) is 54.6 Å². The maximum absolute atomic E-state index is 14.4. The predicted octanol–water partition coefficient (Wildman–Crippen LogP) is 9.34. The number of rotatable bonds is 4. The van der Waals surface area contributed by atoms with Gasteiger partial charge in [-0.2, -0.15) is 5.26 Å². The van der Waals surface area contributed by atoms with Crippen LogP contribution in [-0.2, 0) is 0 Å². The number of benzene rings is 6. The fraction of sp³-hybridized carbons (Fsp3) is 0. The Hall–Kier alpha value is -6.76. The van der Waals surface area contributed by atoms with E-state index in [9.17, 15) is 14.9 Å². The van der Waals surface area contributed by atoms with E-state index in [1.807, 2.05) is 108 Å². The van der Waals surface area contributed by atoms with Gasteiger partial charge in [0.15, 0.2) is 5.69 Å². The van der Waals surface area contributed by atoms with Crippen LogP contribution in [0.5, 0.6) is 0 Å². The largest absolute Gasteiger partial charge is 0.308 e. The van der Waals surface area contributed by atoms with Crippen molar-refractivity contribution in [2.75, 3.05) is 4.90 Å². The number of imide groups is 1. The first kappa shape index (κ1) is 26.8. The van der Waals surface area contributed by atoms with E-state index in [1.165, 1.54) is 4.90 Å². The number of nitrogens with zero attached hydrogens (tertiary/aromatic N) is 4. The molecular formula is C40H22N4O2. The van der Waals surface area contributed by atoms with Gasteiger partial charge in [-0.3, -0.25) is 9.59 Å². The molecule has 7 aromatic rings. The van der Waals surface area contributed by atoms with Crippen LogP contribution in [0.3, 0.4) is 0 Å². The maximum Gasteiger partial charge on any atom is 0.268 e. The summed E-state index contributed by atoms with van der Waals surface area (Å²) in [4.78, 5) is 33.2. The molecule has 1 aliphatic heterocycles. The van der Waals surface area contributed by atoms with Crippen molar-refractivity contribution in [2.24, 2.45) is 0 Å². The number of carbonyl (C=O) groups is 2. The van der Waals surface area contributed by atoms with E-state index in [2.05, 4.69) is 17.0 Å². The van der Waals surface area contributed by atoms with Crippen molar-refractivity contribution in [1.29, 1.82) is 5.26 Å². The minimum Gasteiger partial charge on any atom is -0.308 e. The number of fused-ring (bicyclic) bond motifs is 4. The van der Waals surface area contributed by atoms with Gasteiger partial charge in [-0.15, -0.1) is 0 Å². The Labute approximate surface area is 264 Å². The first-order chi connectivity index (χ1) is 22.6. The average Bonchev–Trinajstić information content (AvgIpc) is 3.58. The summed E-state index contributed by atoms with van der Waals surface area (Å²) in [5.41, 5.74) is 7.80. The van der Waals surface area contributed by atoms with E-state index in [1.54, 1.807) is 24.3 Å². The standard InChI is InChI=1S/C40H22N4O2/c1-42-29-21-25(24-41)20-28(22-29)27-18-19-36-33(23-27)31-13-6-8-16-35(31)43(36)37-17-9-14-32-38(37)40(46)44(39(32)45)34-15-7-5-12-30(34)26-10-3-2-4-11-26/h2-23H. The van der Waals surface area contributed by atoms with Gasteiger partial charge in [0.2, 0.25) is 0 Å². The average molecular weight is 591 g/mol. The van der Waals surface area contributed by atoms with E-state index in [0.717, 1.165) is 44.1 Å². The summed E-state index contributed by atoms with van der Waals surface area (Å²) in [7, 11) is 0. The number of hydrogen-bond donors (Lipinski definition) is 0. The molecule has 0 atom stereocenters. The van der Waals surface area contributed by atoms with E-state index in [-0.39, 0.29) is 11.8 Å². The highest BCUT2D eigenvalue weighted by Gasteiger charge is 2.40. The van der Waals surface area contributed by atoms with Gasteiger partial charge in [0.05, 0.1) is 46.2 Å². The monoisotopic (exact) mass is 590 g/mol. The molecule has 214 valence electrons. The lowest BCUT2D eigenvalue weighted by molar-refractivity contribution is 0.0926. The van der Waals surface area contributed by atoms with Crippen molar-refractivity contribution in [3.05, 3.63) is 162 Å². The lowest BCUT2D eigenvalue weighted by Gasteiger charge is -2.18. The summed E-state index contributed by atoms with van der Waals surface area (Å²) < 4.78 is 2.04. The molecule has 1 aliphatic rings. The Morgan fingerprint density at radius 3 is 2.13 bits per heavy atom. The number of hydrogen-bond acceptors (Lipinski definition) is 3. The minimum atomic E-state index is -0.374. The summed E-state index contributed by atoms with van der Waals surface area (Å²) in [5.74, 6) is -0.734. The smallest absolute Gasteiger partial charge is 0.268 e. The number of carbonyl (C=O) groups excluding carboxylic acids is 2. The van der Waals surface area contributed by atoms with Crippen LogP contribution in [0, 0.1) is 17.9 Å². The fourth-order valence-electron chi connectivity index (χ4n) is 6.52. The second-order valence-electron chi connectivity index (χ2n) is 11.1. The molecule has 46 heavy (non-hydrogen) atoms. The van der Waals surface area contributed by atoms with Crippen LogP contribution in [0.1, 0.15) is 26.3 Å². The van der Waals surface area contributed by atoms with Gasteiger partial charge in [-0.25, -0.2) is 9.74 Å². The van der Waals surface area contributed by atoms with Crippen LogP contribution in [0.15, 0.2) is 133 Å². The van der Waals surface area contributed by atoms with Crippen LogP contribution in [0.4, 0.5) is 11.4 Å². The zero-order valence-electron chi connectivity index (χ0n) is 24.3. The molecule has 6 nitrogen and oxygen atoms in total. The molecule has 6 aromatic carbocycles.